The Morgan fingerprint density at radius 2 is 1.86 bits per heavy atom. The number of hydrogen-bond acceptors (Lipinski definition) is 4. The van der Waals surface area contributed by atoms with Crippen LogP contribution in [-0.2, 0) is 10.0 Å². The van der Waals surface area contributed by atoms with Crippen LogP contribution in [0.3, 0.4) is 0 Å². The summed E-state index contributed by atoms with van der Waals surface area (Å²) in [5, 5.41) is 10.2. The molecule has 0 aromatic heterocycles. The zero-order valence-corrected chi connectivity index (χ0v) is 9.84. The molecule has 0 aliphatic rings. The third-order valence-electron chi connectivity index (χ3n) is 1.41. The van der Waals surface area contributed by atoms with Crippen LogP contribution in [0.4, 0.5) is 0 Å². The summed E-state index contributed by atoms with van der Waals surface area (Å²) in [4.78, 5) is 0.253. The van der Waals surface area contributed by atoms with Crippen LogP contribution in [-0.4, -0.2) is 8.42 Å². The molecule has 4 nitrogen and oxygen atoms in total. The summed E-state index contributed by atoms with van der Waals surface area (Å²) in [6.45, 7) is 0. The van der Waals surface area contributed by atoms with E-state index >= 15 is 0 Å². The van der Waals surface area contributed by atoms with E-state index in [1.54, 1.807) is 0 Å². The first kappa shape index (κ1) is 12.1. The maximum absolute atomic E-state index is 11.1. The summed E-state index contributed by atoms with van der Waals surface area (Å²) in [5.41, 5.74) is 0. The Bertz CT molecular complexity index is 461. The van der Waals surface area contributed by atoms with E-state index in [9.17, 15) is 8.42 Å². The zero-order valence-electron chi connectivity index (χ0n) is 6.70. The van der Waals surface area contributed by atoms with Crippen LogP contribution in [0.15, 0.2) is 21.9 Å². The van der Waals surface area contributed by atoms with Gasteiger partial charge < -0.3 is 0 Å². The van der Waals surface area contributed by atoms with Crippen LogP contribution < -0.4 is 10.3 Å². The van der Waals surface area contributed by atoms with Crippen molar-refractivity contribution in [1.82, 2.24) is 0 Å². The molecule has 14 heavy (non-hydrogen) atoms. The van der Waals surface area contributed by atoms with Gasteiger partial charge in [-0.05, 0) is 24.1 Å². The van der Waals surface area contributed by atoms with Crippen molar-refractivity contribution in [3.8, 4) is 0 Å². The standard InChI is InChI=1S/C6H6Cl2N2O2S2/c7-4-1-3(13-9)2-5(6(4)8)14(10,11)12/h1-2H,9H2,(H2,10,11,12). The van der Waals surface area contributed by atoms with Gasteiger partial charge in [-0.1, -0.05) is 23.2 Å². The first-order valence-corrected chi connectivity index (χ1v) is 6.43. The molecule has 0 heterocycles. The van der Waals surface area contributed by atoms with Crippen molar-refractivity contribution in [3.05, 3.63) is 22.2 Å². The lowest BCUT2D eigenvalue weighted by atomic mass is 10.3. The van der Waals surface area contributed by atoms with E-state index in [1.807, 2.05) is 0 Å². The Kier molecular flexibility index (Phi) is 3.68. The van der Waals surface area contributed by atoms with E-state index in [2.05, 4.69) is 0 Å². The van der Waals surface area contributed by atoms with Gasteiger partial charge in [0.25, 0.3) is 0 Å². The van der Waals surface area contributed by atoms with E-state index < -0.39 is 10.0 Å². The van der Waals surface area contributed by atoms with Gasteiger partial charge in [-0.25, -0.2) is 13.6 Å². The highest BCUT2D eigenvalue weighted by molar-refractivity contribution is 7.97. The second-order valence-electron chi connectivity index (χ2n) is 2.38. The maximum Gasteiger partial charge on any atom is 0.239 e. The number of rotatable bonds is 2. The predicted molar refractivity (Wildman–Crippen MR) is 57.9 cm³/mol. The SMILES string of the molecule is NSc1cc(Cl)c(Cl)c(S(N)(=O)=O)c1. The molecule has 4 N–H and O–H groups in total. The van der Waals surface area contributed by atoms with E-state index in [-0.39, 0.29) is 14.9 Å². The summed E-state index contributed by atoms with van der Waals surface area (Å²) >= 11 is 12.2. The predicted octanol–water partition coefficient (Wildman–Crippen LogP) is 1.61. The lowest BCUT2D eigenvalue weighted by Gasteiger charge is -2.05. The van der Waals surface area contributed by atoms with Gasteiger partial charge in [0.15, 0.2) is 0 Å². The van der Waals surface area contributed by atoms with Crippen molar-refractivity contribution in [3.63, 3.8) is 0 Å². The summed E-state index contributed by atoms with van der Waals surface area (Å²) in [7, 11) is -3.87. The average molecular weight is 273 g/mol. The smallest absolute Gasteiger partial charge is 0.239 e. The molecule has 0 fully saturated rings. The Hall–Kier alpha value is 0.0200. The number of halogens is 2. The summed E-state index contributed by atoms with van der Waals surface area (Å²) in [5.74, 6) is 0. The Labute approximate surface area is 95.7 Å². The fourth-order valence-corrected chi connectivity index (χ4v) is 2.68. The second-order valence-corrected chi connectivity index (χ2v) is 5.40. The zero-order chi connectivity index (χ0) is 10.9. The van der Waals surface area contributed by atoms with Gasteiger partial charge in [0, 0.05) is 4.90 Å². The normalized spacial score (nSPS) is 11.7. The van der Waals surface area contributed by atoms with Gasteiger partial charge in [-0.3, -0.25) is 5.14 Å². The molecule has 0 unspecified atom stereocenters. The first-order chi connectivity index (χ1) is 6.36. The minimum atomic E-state index is -3.87. The largest absolute Gasteiger partial charge is 0.274 e. The van der Waals surface area contributed by atoms with Crippen LogP contribution in [0.1, 0.15) is 0 Å². The van der Waals surface area contributed by atoms with Gasteiger partial charge in [0.1, 0.15) is 4.90 Å². The van der Waals surface area contributed by atoms with Crippen molar-refractivity contribution >= 4 is 45.2 Å². The molecule has 8 heteroatoms. The molecule has 0 spiro atoms. The number of sulfonamides is 1. The maximum atomic E-state index is 11.1. The number of nitrogens with two attached hydrogens (primary N) is 2. The molecule has 78 valence electrons. The molecular formula is C6H6Cl2N2O2S2. The van der Waals surface area contributed by atoms with Crippen LogP contribution in [0.25, 0.3) is 0 Å². The third-order valence-corrected chi connectivity index (χ3v) is 3.77. The molecule has 0 amide bonds. The van der Waals surface area contributed by atoms with Crippen LogP contribution in [0.2, 0.25) is 10.0 Å². The molecule has 1 rings (SSSR count). The van der Waals surface area contributed by atoms with Crippen molar-refractivity contribution in [1.29, 1.82) is 0 Å². The molecule has 0 saturated carbocycles. The third kappa shape index (κ3) is 2.53. The van der Waals surface area contributed by atoms with E-state index in [1.165, 1.54) is 12.1 Å². The van der Waals surface area contributed by atoms with Crippen molar-refractivity contribution in [2.75, 3.05) is 0 Å². The van der Waals surface area contributed by atoms with Gasteiger partial charge >= 0.3 is 0 Å². The van der Waals surface area contributed by atoms with E-state index in [0.29, 0.717) is 4.90 Å². The molecule has 0 aliphatic carbocycles. The highest BCUT2D eigenvalue weighted by Crippen LogP contribution is 2.32. The molecule has 0 atom stereocenters. The van der Waals surface area contributed by atoms with Gasteiger partial charge in [0.05, 0.1) is 10.0 Å². The molecule has 1 aromatic rings. The molecule has 1 aromatic carbocycles. The van der Waals surface area contributed by atoms with E-state index in [0.717, 1.165) is 11.9 Å². The fourth-order valence-electron chi connectivity index (χ4n) is 0.815. The highest BCUT2D eigenvalue weighted by Gasteiger charge is 2.16. The van der Waals surface area contributed by atoms with E-state index in [4.69, 9.17) is 33.5 Å². The summed E-state index contributed by atoms with van der Waals surface area (Å²) < 4.78 is 22.1. The lowest BCUT2D eigenvalue weighted by molar-refractivity contribution is 0.597. The van der Waals surface area contributed by atoms with Gasteiger partial charge in [-0.15, -0.1) is 0 Å². The Balaban J connectivity index is 3.51. The minimum Gasteiger partial charge on any atom is -0.274 e. The minimum absolute atomic E-state index is 0.0908. The summed E-state index contributed by atoms with van der Waals surface area (Å²) in [6.07, 6.45) is 0. The highest BCUT2D eigenvalue weighted by atomic mass is 35.5. The van der Waals surface area contributed by atoms with Crippen LogP contribution >= 0.6 is 35.1 Å². The number of benzene rings is 1. The van der Waals surface area contributed by atoms with Crippen molar-refractivity contribution < 1.29 is 8.42 Å². The van der Waals surface area contributed by atoms with Crippen LogP contribution in [0, 0.1) is 0 Å². The van der Waals surface area contributed by atoms with Crippen molar-refractivity contribution in [2.24, 2.45) is 10.3 Å². The molecule has 0 saturated heterocycles. The summed E-state index contributed by atoms with van der Waals surface area (Å²) in [6, 6.07) is 2.73. The van der Waals surface area contributed by atoms with Crippen LogP contribution in [0.5, 0.6) is 0 Å². The Morgan fingerprint density at radius 3 is 2.29 bits per heavy atom. The second kappa shape index (κ2) is 4.26. The first-order valence-electron chi connectivity index (χ1n) is 3.25. The number of hydrogen-bond donors (Lipinski definition) is 2. The average Bonchev–Trinajstić information content (AvgIpc) is 2.07. The fraction of sp³-hybridized carbons (Fsp3) is 0. The lowest BCUT2D eigenvalue weighted by Crippen LogP contribution is -2.13. The monoisotopic (exact) mass is 272 g/mol. The van der Waals surface area contributed by atoms with Crippen molar-refractivity contribution in [2.45, 2.75) is 9.79 Å². The van der Waals surface area contributed by atoms with Gasteiger partial charge in [-0.2, -0.15) is 0 Å². The molecular weight excluding hydrogens is 267 g/mol. The molecule has 0 bridgehead atoms. The topological polar surface area (TPSA) is 86.2 Å². The Morgan fingerprint density at radius 1 is 1.29 bits per heavy atom. The van der Waals surface area contributed by atoms with Gasteiger partial charge in [0.2, 0.25) is 10.0 Å². The molecule has 0 aliphatic heterocycles. The quantitative estimate of drug-likeness (QED) is 0.801. The number of primary sulfonamides is 1. The molecule has 0 radical (unpaired) electrons.